The maximum absolute atomic E-state index is 12.4. The van der Waals surface area contributed by atoms with Crippen LogP contribution in [0.4, 0.5) is 0 Å². The van der Waals surface area contributed by atoms with Gasteiger partial charge < -0.3 is 5.32 Å². The SMILES string of the molecule is CC1CCC(NC(=O)CN2CCCN(Cc3ccc(C#N)cc3)CC2)CC1. The first-order valence-corrected chi connectivity index (χ1v) is 10.4. The van der Waals surface area contributed by atoms with Crippen molar-refractivity contribution in [3.8, 4) is 6.07 Å². The van der Waals surface area contributed by atoms with Crippen LogP contribution in [-0.2, 0) is 11.3 Å². The van der Waals surface area contributed by atoms with Gasteiger partial charge in [0.1, 0.15) is 0 Å². The van der Waals surface area contributed by atoms with Gasteiger partial charge in [-0.1, -0.05) is 19.1 Å². The van der Waals surface area contributed by atoms with Crippen molar-refractivity contribution in [3.63, 3.8) is 0 Å². The quantitative estimate of drug-likeness (QED) is 0.868. The number of carbonyl (C=O) groups excluding carboxylic acids is 1. The Bertz CT molecular complexity index is 643. The van der Waals surface area contributed by atoms with E-state index in [-0.39, 0.29) is 5.91 Å². The Morgan fingerprint density at radius 1 is 1.07 bits per heavy atom. The smallest absolute Gasteiger partial charge is 0.234 e. The van der Waals surface area contributed by atoms with E-state index in [1.807, 2.05) is 24.3 Å². The largest absolute Gasteiger partial charge is 0.352 e. The minimum atomic E-state index is 0.190. The maximum atomic E-state index is 12.4. The van der Waals surface area contributed by atoms with Crippen LogP contribution in [0.5, 0.6) is 0 Å². The molecule has 1 amide bonds. The lowest BCUT2D eigenvalue weighted by molar-refractivity contribution is -0.123. The molecule has 1 aliphatic heterocycles. The minimum Gasteiger partial charge on any atom is -0.352 e. The summed E-state index contributed by atoms with van der Waals surface area (Å²) in [5.41, 5.74) is 1.95. The van der Waals surface area contributed by atoms with E-state index >= 15 is 0 Å². The highest BCUT2D eigenvalue weighted by Gasteiger charge is 2.22. The zero-order chi connectivity index (χ0) is 19.1. The van der Waals surface area contributed by atoms with Crippen LogP contribution in [-0.4, -0.2) is 54.5 Å². The third-order valence-corrected chi connectivity index (χ3v) is 5.92. The topological polar surface area (TPSA) is 59.4 Å². The number of hydrogen-bond acceptors (Lipinski definition) is 4. The van der Waals surface area contributed by atoms with Gasteiger partial charge in [0.25, 0.3) is 0 Å². The van der Waals surface area contributed by atoms with Gasteiger partial charge >= 0.3 is 0 Å². The molecule has 5 nitrogen and oxygen atoms in total. The van der Waals surface area contributed by atoms with Crippen molar-refractivity contribution in [2.24, 2.45) is 5.92 Å². The second-order valence-electron chi connectivity index (χ2n) is 8.24. The highest BCUT2D eigenvalue weighted by atomic mass is 16.2. The number of carbonyl (C=O) groups is 1. The van der Waals surface area contributed by atoms with Crippen LogP contribution in [0, 0.1) is 17.2 Å². The molecule has 2 aliphatic rings. The van der Waals surface area contributed by atoms with Gasteiger partial charge in [0.2, 0.25) is 5.91 Å². The van der Waals surface area contributed by atoms with Gasteiger partial charge in [-0.15, -0.1) is 0 Å². The van der Waals surface area contributed by atoms with Crippen molar-refractivity contribution in [2.45, 2.75) is 51.6 Å². The number of nitriles is 1. The summed E-state index contributed by atoms with van der Waals surface area (Å²) < 4.78 is 0. The third kappa shape index (κ3) is 6.34. The Morgan fingerprint density at radius 2 is 1.74 bits per heavy atom. The van der Waals surface area contributed by atoms with Crippen molar-refractivity contribution in [2.75, 3.05) is 32.7 Å². The number of hydrogen-bond donors (Lipinski definition) is 1. The van der Waals surface area contributed by atoms with E-state index in [9.17, 15) is 4.79 Å². The van der Waals surface area contributed by atoms with Crippen molar-refractivity contribution >= 4 is 5.91 Å². The molecule has 0 aromatic heterocycles. The first kappa shape index (κ1) is 19.9. The number of rotatable bonds is 5. The van der Waals surface area contributed by atoms with Gasteiger partial charge in [-0.3, -0.25) is 14.6 Å². The summed E-state index contributed by atoms with van der Waals surface area (Å²) >= 11 is 0. The zero-order valence-electron chi connectivity index (χ0n) is 16.5. The van der Waals surface area contributed by atoms with Crippen molar-refractivity contribution in [1.29, 1.82) is 5.26 Å². The van der Waals surface area contributed by atoms with Gasteiger partial charge in [0.05, 0.1) is 18.2 Å². The van der Waals surface area contributed by atoms with Crippen LogP contribution in [0.3, 0.4) is 0 Å². The average molecular weight is 369 g/mol. The van der Waals surface area contributed by atoms with E-state index in [0.29, 0.717) is 18.2 Å². The van der Waals surface area contributed by atoms with E-state index in [2.05, 4.69) is 28.1 Å². The highest BCUT2D eigenvalue weighted by Crippen LogP contribution is 2.23. The van der Waals surface area contributed by atoms with E-state index in [1.54, 1.807) is 0 Å². The summed E-state index contributed by atoms with van der Waals surface area (Å²) in [6.45, 7) is 7.69. The molecule has 0 atom stereocenters. The van der Waals surface area contributed by atoms with Gasteiger partial charge in [-0.05, 0) is 68.8 Å². The van der Waals surface area contributed by atoms with Crippen LogP contribution < -0.4 is 5.32 Å². The summed E-state index contributed by atoms with van der Waals surface area (Å²) in [6.07, 6.45) is 5.82. The van der Waals surface area contributed by atoms with Gasteiger partial charge in [-0.25, -0.2) is 0 Å². The molecule has 27 heavy (non-hydrogen) atoms. The van der Waals surface area contributed by atoms with Crippen LogP contribution in [0.1, 0.15) is 50.2 Å². The summed E-state index contributed by atoms with van der Waals surface area (Å²) in [6, 6.07) is 10.4. The van der Waals surface area contributed by atoms with Crippen molar-refractivity contribution < 1.29 is 4.79 Å². The molecule has 1 aromatic rings. The van der Waals surface area contributed by atoms with Gasteiger partial charge in [0.15, 0.2) is 0 Å². The molecule has 1 saturated carbocycles. The third-order valence-electron chi connectivity index (χ3n) is 5.92. The molecule has 1 aliphatic carbocycles. The number of benzene rings is 1. The lowest BCUT2D eigenvalue weighted by Gasteiger charge is -2.28. The second kappa shape index (κ2) is 9.87. The van der Waals surface area contributed by atoms with E-state index in [1.165, 1.54) is 18.4 Å². The van der Waals surface area contributed by atoms with Crippen molar-refractivity contribution in [3.05, 3.63) is 35.4 Å². The average Bonchev–Trinajstić information content (AvgIpc) is 2.89. The fraction of sp³-hybridized carbons (Fsp3) is 0.636. The molecule has 1 heterocycles. The van der Waals surface area contributed by atoms with Crippen LogP contribution in [0.25, 0.3) is 0 Å². The fourth-order valence-electron chi connectivity index (χ4n) is 4.16. The molecule has 146 valence electrons. The maximum Gasteiger partial charge on any atom is 0.234 e. The normalized spacial score (nSPS) is 24.7. The van der Waals surface area contributed by atoms with Gasteiger partial charge in [0, 0.05) is 25.7 Å². The molecular formula is C22H32N4O. The van der Waals surface area contributed by atoms with Crippen LogP contribution in [0.15, 0.2) is 24.3 Å². The first-order chi connectivity index (χ1) is 13.1. The number of amides is 1. The summed E-state index contributed by atoms with van der Waals surface area (Å²) in [7, 11) is 0. The van der Waals surface area contributed by atoms with Gasteiger partial charge in [-0.2, -0.15) is 5.26 Å². The molecule has 0 spiro atoms. The second-order valence-corrected chi connectivity index (χ2v) is 8.24. The Balaban J connectivity index is 1.41. The van der Waals surface area contributed by atoms with E-state index < -0.39 is 0 Å². The zero-order valence-corrected chi connectivity index (χ0v) is 16.5. The van der Waals surface area contributed by atoms with Crippen LogP contribution >= 0.6 is 0 Å². The molecule has 1 aromatic carbocycles. The molecule has 0 unspecified atom stereocenters. The Morgan fingerprint density at radius 3 is 2.44 bits per heavy atom. The molecule has 1 N–H and O–H groups in total. The molecule has 2 fully saturated rings. The summed E-state index contributed by atoms with van der Waals surface area (Å²) in [5.74, 6) is 1.00. The Labute approximate surface area is 163 Å². The molecule has 0 radical (unpaired) electrons. The molecule has 5 heteroatoms. The first-order valence-electron chi connectivity index (χ1n) is 10.4. The lowest BCUT2D eigenvalue weighted by atomic mass is 9.87. The lowest BCUT2D eigenvalue weighted by Crippen LogP contribution is -2.44. The monoisotopic (exact) mass is 368 g/mol. The van der Waals surface area contributed by atoms with Crippen molar-refractivity contribution in [1.82, 2.24) is 15.1 Å². The predicted octanol–water partition coefficient (Wildman–Crippen LogP) is 2.76. The minimum absolute atomic E-state index is 0.190. The van der Waals surface area contributed by atoms with E-state index in [0.717, 1.165) is 57.9 Å². The molecule has 3 rings (SSSR count). The number of nitrogens with zero attached hydrogens (tertiary/aromatic N) is 3. The Hall–Kier alpha value is -1.90. The van der Waals surface area contributed by atoms with E-state index in [4.69, 9.17) is 5.26 Å². The summed E-state index contributed by atoms with van der Waals surface area (Å²) in [5, 5.41) is 12.2. The molecular weight excluding hydrogens is 336 g/mol. The van der Waals surface area contributed by atoms with Crippen LogP contribution in [0.2, 0.25) is 0 Å². The summed E-state index contributed by atoms with van der Waals surface area (Å²) in [4.78, 5) is 17.2. The predicted molar refractivity (Wildman–Crippen MR) is 107 cm³/mol. The highest BCUT2D eigenvalue weighted by molar-refractivity contribution is 5.78. The number of nitrogens with one attached hydrogen (secondary N) is 1. The molecule has 1 saturated heterocycles. The standard InChI is InChI=1S/C22H32N4O/c1-18-3-9-21(10-4-18)24-22(27)17-26-12-2-11-25(13-14-26)16-20-7-5-19(15-23)6-8-20/h5-8,18,21H,2-4,9-14,16-17H2,1H3,(H,24,27). The Kier molecular flexibility index (Phi) is 7.25. The molecule has 0 bridgehead atoms. The fourth-order valence-corrected chi connectivity index (χ4v) is 4.16.